The molecule has 0 amide bonds. The van der Waals surface area contributed by atoms with E-state index >= 15 is 0 Å². The summed E-state index contributed by atoms with van der Waals surface area (Å²) in [5.41, 5.74) is 0. The van der Waals surface area contributed by atoms with E-state index < -0.39 is 10.7 Å². The van der Waals surface area contributed by atoms with Gasteiger partial charge in [0.1, 0.15) is 4.75 Å². The molecule has 0 saturated heterocycles. The Bertz CT molecular complexity index is 143. The maximum absolute atomic E-state index is 10.7. The smallest absolute Gasteiger partial charge is 0.319 e. The summed E-state index contributed by atoms with van der Waals surface area (Å²) >= 11 is 1.53. The molecule has 1 N–H and O–H groups in total. The highest BCUT2D eigenvalue weighted by Gasteiger charge is 2.26. The molecule has 0 aromatic heterocycles. The molecule has 2 nitrogen and oxygen atoms in total. The van der Waals surface area contributed by atoms with Gasteiger partial charge in [0.05, 0.1) is 0 Å². The summed E-state index contributed by atoms with van der Waals surface area (Å²) in [5.74, 6) is 0.233. The van der Waals surface area contributed by atoms with E-state index in [1.54, 1.807) is 13.8 Å². The summed E-state index contributed by atoms with van der Waals surface area (Å²) in [4.78, 5) is 10.7. The number of thioether (sulfide) groups is 1. The van der Waals surface area contributed by atoms with Crippen LogP contribution in [0, 0.1) is 0 Å². The molecule has 0 fully saturated rings. The molecule has 0 aliphatic rings. The third-order valence-electron chi connectivity index (χ3n) is 1.73. The number of aliphatic carboxylic acids is 1. The minimum absolute atomic E-state index is 0.617. The summed E-state index contributed by atoms with van der Waals surface area (Å²) in [6.07, 6.45) is 3.51. The van der Waals surface area contributed by atoms with Crippen LogP contribution in [0.2, 0.25) is 0 Å². The van der Waals surface area contributed by atoms with Crippen LogP contribution in [0.15, 0.2) is 0 Å². The molecule has 0 aliphatic carbocycles. The molecule has 0 heterocycles. The molecule has 0 aromatic rings. The second-order valence-corrected chi connectivity index (χ2v) is 5.09. The van der Waals surface area contributed by atoms with Gasteiger partial charge in [-0.1, -0.05) is 19.8 Å². The molecule has 0 unspecified atom stereocenters. The molecule has 0 saturated carbocycles. The van der Waals surface area contributed by atoms with Gasteiger partial charge in [-0.3, -0.25) is 4.79 Å². The number of carboxylic acid groups (broad SMARTS) is 1. The van der Waals surface area contributed by atoms with Crippen molar-refractivity contribution in [3.05, 3.63) is 0 Å². The molecule has 0 atom stereocenters. The minimum atomic E-state index is -0.719. The maximum atomic E-state index is 10.7. The van der Waals surface area contributed by atoms with Crippen LogP contribution >= 0.6 is 11.8 Å². The van der Waals surface area contributed by atoms with E-state index in [-0.39, 0.29) is 0 Å². The van der Waals surface area contributed by atoms with Gasteiger partial charge in [-0.15, -0.1) is 11.8 Å². The predicted molar refractivity (Wildman–Crippen MR) is 53.7 cm³/mol. The fourth-order valence-corrected chi connectivity index (χ4v) is 1.72. The second-order valence-electron chi connectivity index (χ2n) is 3.37. The number of unbranched alkanes of at least 4 members (excludes halogenated alkanes) is 2. The van der Waals surface area contributed by atoms with E-state index in [0.29, 0.717) is 0 Å². The SMILES string of the molecule is CCCCCSC(C)(C)C(=O)O. The largest absolute Gasteiger partial charge is 0.480 e. The Morgan fingerprint density at radius 3 is 2.42 bits per heavy atom. The molecule has 0 aliphatic heterocycles. The number of carboxylic acids is 1. The number of hydrogen-bond acceptors (Lipinski definition) is 2. The Morgan fingerprint density at radius 1 is 1.42 bits per heavy atom. The van der Waals surface area contributed by atoms with Gasteiger partial charge >= 0.3 is 5.97 Å². The first-order chi connectivity index (χ1) is 5.50. The highest BCUT2D eigenvalue weighted by atomic mass is 32.2. The van der Waals surface area contributed by atoms with E-state index in [1.165, 1.54) is 24.6 Å². The molecular weight excluding hydrogens is 172 g/mol. The lowest BCUT2D eigenvalue weighted by Crippen LogP contribution is -2.27. The van der Waals surface area contributed by atoms with Crippen molar-refractivity contribution in [3.63, 3.8) is 0 Å². The van der Waals surface area contributed by atoms with Crippen LogP contribution in [0.5, 0.6) is 0 Å². The fraction of sp³-hybridized carbons (Fsp3) is 0.889. The van der Waals surface area contributed by atoms with Crippen LogP contribution in [-0.2, 0) is 4.79 Å². The number of hydrogen-bond donors (Lipinski definition) is 1. The predicted octanol–water partition coefficient (Wildman–Crippen LogP) is 2.77. The first-order valence-corrected chi connectivity index (χ1v) is 5.36. The van der Waals surface area contributed by atoms with Gasteiger partial charge in [-0.05, 0) is 26.0 Å². The van der Waals surface area contributed by atoms with Crippen LogP contribution in [-0.4, -0.2) is 21.6 Å². The van der Waals surface area contributed by atoms with Crippen LogP contribution in [0.3, 0.4) is 0 Å². The van der Waals surface area contributed by atoms with Crippen molar-refractivity contribution in [1.29, 1.82) is 0 Å². The quantitative estimate of drug-likeness (QED) is 0.654. The van der Waals surface area contributed by atoms with E-state index in [2.05, 4.69) is 6.92 Å². The van der Waals surface area contributed by atoms with Gasteiger partial charge in [0.2, 0.25) is 0 Å². The Kier molecular flexibility index (Phi) is 5.38. The van der Waals surface area contributed by atoms with Crippen LogP contribution in [0.4, 0.5) is 0 Å². The van der Waals surface area contributed by atoms with Gasteiger partial charge in [0.15, 0.2) is 0 Å². The first-order valence-electron chi connectivity index (χ1n) is 4.38. The van der Waals surface area contributed by atoms with E-state index in [1.807, 2.05) is 0 Å². The van der Waals surface area contributed by atoms with E-state index in [0.717, 1.165) is 12.2 Å². The molecule has 72 valence electrons. The van der Waals surface area contributed by atoms with E-state index in [4.69, 9.17) is 5.11 Å². The highest BCUT2D eigenvalue weighted by Crippen LogP contribution is 2.25. The number of rotatable bonds is 6. The molecule has 0 spiro atoms. The monoisotopic (exact) mass is 190 g/mol. The summed E-state index contributed by atoms with van der Waals surface area (Å²) < 4.78 is -0.617. The molecule has 3 heteroatoms. The molecule has 0 bridgehead atoms. The highest BCUT2D eigenvalue weighted by molar-refractivity contribution is 8.01. The normalized spacial score (nSPS) is 11.6. The number of carbonyl (C=O) groups is 1. The van der Waals surface area contributed by atoms with Crippen molar-refractivity contribution in [2.45, 2.75) is 44.8 Å². The van der Waals surface area contributed by atoms with Crippen molar-refractivity contribution in [1.82, 2.24) is 0 Å². The minimum Gasteiger partial charge on any atom is -0.480 e. The Balaban J connectivity index is 3.54. The third kappa shape index (κ3) is 4.65. The first kappa shape index (κ1) is 11.8. The van der Waals surface area contributed by atoms with Crippen molar-refractivity contribution >= 4 is 17.7 Å². The van der Waals surface area contributed by atoms with Gasteiger partial charge in [0, 0.05) is 0 Å². The average Bonchev–Trinajstić information content (AvgIpc) is 1.98. The van der Waals surface area contributed by atoms with Crippen molar-refractivity contribution in [3.8, 4) is 0 Å². The summed E-state index contributed by atoms with van der Waals surface area (Å²) in [7, 11) is 0. The molecular formula is C9H18O2S. The van der Waals surface area contributed by atoms with Gasteiger partial charge in [-0.25, -0.2) is 0 Å². The zero-order chi connectivity index (χ0) is 9.61. The molecule has 12 heavy (non-hydrogen) atoms. The van der Waals surface area contributed by atoms with Crippen molar-refractivity contribution in [2.24, 2.45) is 0 Å². The lowest BCUT2D eigenvalue weighted by molar-refractivity contribution is -0.138. The lowest BCUT2D eigenvalue weighted by atomic mass is 10.2. The van der Waals surface area contributed by atoms with Gasteiger partial charge in [0.25, 0.3) is 0 Å². The Labute approximate surface area is 78.7 Å². The average molecular weight is 190 g/mol. The summed E-state index contributed by atoms with van der Waals surface area (Å²) in [5, 5.41) is 8.78. The van der Waals surface area contributed by atoms with Crippen molar-refractivity contribution < 1.29 is 9.90 Å². The third-order valence-corrected chi connectivity index (χ3v) is 3.11. The molecule has 0 radical (unpaired) electrons. The summed E-state index contributed by atoms with van der Waals surface area (Å²) in [6, 6.07) is 0. The zero-order valence-electron chi connectivity index (χ0n) is 8.09. The maximum Gasteiger partial charge on any atom is 0.319 e. The van der Waals surface area contributed by atoms with Crippen molar-refractivity contribution in [2.75, 3.05) is 5.75 Å². The van der Waals surface area contributed by atoms with Crippen LogP contribution in [0.1, 0.15) is 40.0 Å². The zero-order valence-corrected chi connectivity index (χ0v) is 8.91. The van der Waals surface area contributed by atoms with Crippen LogP contribution < -0.4 is 0 Å². The lowest BCUT2D eigenvalue weighted by Gasteiger charge is -2.17. The van der Waals surface area contributed by atoms with Crippen LogP contribution in [0.25, 0.3) is 0 Å². The van der Waals surface area contributed by atoms with Gasteiger partial charge < -0.3 is 5.11 Å². The fourth-order valence-electron chi connectivity index (χ4n) is 0.741. The second kappa shape index (κ2) is 5.46. The topological polar surface area (TPSA) is 37.3 Å². The molecule has 0 rings (SSSR count). The molecule has 0 aromatic carbocycles. The Hall–Kier alpha value is -0.180. The standard InChI is InChI=1S/C9H18O2S/c1-4-5-6-7-12-9(2,3)8(10)11/h4-7H2,1-3H3,(H,10,11). The summed E-state index contributed by atoms with van der Waals surface area (Å²) in [6.45, 7) is 5.66. The van der Waals surface area contributed by atoms with E-state index in [9.17, 15) is 4.79 Å². The Morgan fingerprint density at radius 2 is 2.00 bits per heavy atom. The van der Waals surface area contributed by atoms with Gasteiger partial charge in [-0.2, -0.15) is 0 Å².